The van der Waals surface area contributed by atoms with Crippen molar-refractivity contribution in [2.24, 2.45) is 0 Å². The van der Waals surface area contributed by atoms with Crippen LogP contribution in [0.2, 0.25) is 0 Å². The van der Waals surface area contributed by atoms with Crippen LogP contribution in [0.15, 0.2) is 41.8 Å². The van der Waals surface area contributed by atoms with E-state index in [1.165, 1.54) is 11.3 Å². The Morgan fingerprint density at radius 3 is 2.53 bits per heavy atom. The molecule has 0 fully saturated rings. The van der Waals surface area contributed by atoms with Crippen LogP contribution in [0.3, 0.4) is 0 Å². The maximum atomic E-state index is 12.2. The summed E-state index contributed by atoms with van der Waals surface area (Å²) < 4.78 is 10.6. The molecular weight excluding hydrogens is 402 g/mol. The lowest BCUT2D eigenvalue weighted by atomic mass is 10.1. The van der Waals surface area contributed by atoms with Gasteiger partial charge in [-0.3, -0.25) is 9.59 Å². The fraction of sp³-hybridized carbons (Fsp3) is 0.227. The number of methoxy groups -OCH3 is 2. The molecule has 0 saturated carbocycles. The summed E-state index contributed by atoms with van der Waals surface area (Å²) in [5, 5.41) is 7.60. The molecule has 0 aliphatic heterocycles. The predicted octanol–water partition coefficient (Wildman–Crippen LogP) is 3.81. The van der Waals surface area contributed by atoms with Crippen LogP contribution in [0.1, 0.15) is 21.5 Å². The predicted molar refractivity (Wildman–Crippen MR) is 118 cm³/mol. The molecule has 156 valence electrons. The first kappa shape index (κ1) is 21.3. The van der Waals surface area contributed by atoms with Gasteiger partial charge in [-0.2, -0.15) is 0 Å². The lowest BCUT2D eigenvalue weighted by Crippen LogP contribution is -2.32. The monoisotopic (exact) mass is 425 g/mol. The Labute approximate surface area is 179 Å². The van der Waals surface area contributed by atoms with Crippen LogP contribution in [-0.2, 0) is 4.79 Å². The lowest BCUT2D eigenvalue weighted by molar-refractivity contribution is -0.115. The highest BCUT2D eigenvalue weighted by Gasteiger charge is 2.14. The number of anilines is 1. The molecule has 2 aromatic carbocycles. The number of amides is 2. The third kappa shape index (κ3) is 4.96. The van der Waals surface area contributed by atoms with Gasteiger partial charge in [0.05, 0.1) is 26.5 Å². The van der Waals surface area contributed by atoms with Crippen LogP contribution in [0, 0.1) is 13.8 Å². The van der Waals surface area contributed by atoms with Gasteiger partial charge in [0.25, 0.3) is 5.91 Å². The zero-order chi connectivity index (χ0) is 21.7. The highest BCUT2D eigenvalue weighted by Crippen LogP contribution is 2.34. The van der Waals surface area contributed by atoms with Gasteiger partial charge < -0.3 is 20.1 Å². The highest BCUT2D eigenvalue weighted by atomic mass is 32.1. The molecular formula is C22H23N3O4S. The summed E-state index contributed by atoms with van der Waals surface area (Å²) in [6.45, 7) is 3.78. The number of aryl methyl sites for hydroxylation is 2. The molecule has 0 radical (unpaired) electrons. The first-order valence-corrected chi connectivity index (χ1v) is 10.1. The minimum absolute atomic E-state index is 0.146. The van der Waals surface area contributed by atoms with Crippen molar-refractivity contribution in [3.63, 3.8) is 0 Å². The number of rotatable bonds is 7. The van der Waals surface area contributed by atoms with E-state index in [4.69, 9.17) is 9.47 Å². The van der Waals surface area contributed by atoms with Crippen molar-refractivity contribution in [3.05, 3.63) is 58.5 Å². The standard InChI is InChI=1S/C22H23N3O4S/c1-13-5-6-15(9-14(13)2)21(27)23-11-20(26)25-22-24-18(12-30-22)17-8-7-16(28-3)10-19(17)29-4/h5-10,12H,11H2,1-4H3,(H,23,27)(H,24,25,26). The molecule has 0 unspecified atom stereocenters. The molecule has 30 heavy (non-hydrogen) atoms. The quantitative estimate of drug-likeness (QED) is 0.601. The summed E-state index contributed by atoms with van der Waals surface area (Å²) in [5.74, 6) is 0.655. The Balaban J connectivity index is 1.61. The number of benzene rings is 2. The Morgan fingerprint density at radius 1 is 1.03 bits per heavy atom. The van der Waals surface area contributed by atoms with E-state index in [2.05, 4.69) is 15.6 Å². The van der Waals surface area contributed by atoms with Crippen molar-refractivity contribution in [1.82, 2.24) is 10.3 Å². The normalized spacial score (nSPS) is 10.4. The molecule has 8 heteroatoms. The van der Waals surface area contributed by atoms with E-state index in [9.17, 15) is 9.59 Å². The van der Waals surface area contributed by atoms with Gasteiger partial charge in [-0.25, -0.2) is 4.98 Å². The molecule has 1 aromatic heterocycles. The van der Waals surface area contributed by atoms with Crippen LogP contribution < -0.4 is 20.1 Å². The Morgan fingerprint density at radius 2 is 1.83 bits per heavy atom. The van der Waals surface area contributed by atoms with Crippen LogP contribution in [-0.4, -0.2) is 37.6 Å². The molecule has 0 atom stereocenters. The molecule has 0 aliphatic rings. The van der Waals surface area contributed by atoms with E-state index in [1.54, 1.807) is 32.4 Å². The van der Waals surface area contributed by atoms with Crippen molar-refractivity contribution in [2.75, 3.05) is 26.1 Å². The van der Waals surface area contributed by atoms with E-state index in [0.29, 0.717) is 27.9 Å². The maximum Gasteiger partial charge on any atom is 0.251 e. The fourth-order valence-corrected chi connectivity index (χ4v) is 3.50. The minimum Gasteiger partial charge on any atom is -0.497 e. The Hall–Kier alpha value is -3.39. The van der Waals surface area contributed by atoms with Gasteiger partial charge in [0.15, 0.2) is 5.13 Å². The van der Waals surface area contributed by atoms with Crippen LogP contribution in [0.25, 0.3) is 11.3 Å². The van der Waals surface area contributed by atoms with E-state index in [1.807, 2.05) is 37.4 Å². The second-order valence-corrected chi connectivity index (χ2v) is 7.49. The molecule has 0 bridgehead atoms. The number of aromatic nitrogens is 1. The highest BCUT2D eigenvalue weighted by molar-refractivity contribution is 7.14. The van der Waals surface area contributed by atoms with Gasteiger partial charge in [-0.1, -0.05) is 6.07 Å². The summed E-state index contributed by atoms with van der Waals surface area (Å²) >= 11 is 1.29. The van der Waals surface area contributed by atoms with Gasteiger partial charge in [0.2, 0.25) is 5.91 Å². The number of hydrogen-bond acceptors (Lipinski definition) is 6. The smallest absolute Gasteiger partial charge is 0.251 e. The van der Waals surface area contributed by atoms with Crippen molar-refractivity contribution >= 4 is 28.3 Å². The van der Waals surface area contributed by atoms with Crippen molar-refractivity contribution < 1.29 is 19.1 Å². The van der Waals surface area contributed by atoms with E-state index in [-0.39, 0.29) is 18.4 Å². The first-order chi connectivity index (χ1) is 14.4. The van der Waals surface area contributed by atoms with Gasteiger partial charge >= 0.3 is 0 Å². The number of ether oxygens (including phenoxy) is 2. The van der Waals surface area contributed by atoms with Gasteiger partial charge in [-0.05, 0) is 49.2 Å². The second-order valence-electron chi connectivity index (χ2n) is 6.63. The number of carbonyl (C=O) groups excluding carboxylic acids is 2. The van der Waals surface area contributed by atoms with Crippen LogP contribution in [0.4, 0.5) is 5.13 Å². The Kier molecular flexibility index (Phi) is 6.68. The largest absolute Gasteiger partial charge is 0.497 e. The molecule has 3 rings (SSSR count). The molecule has 0 spiro atoms. The minimum atomic E-state index is -0.352. The molecule has 1 heterocycles. The summed E-state index contributed by atoms with van der Waals surface area (Å²) in [6.07, 6.45) is 0. The van der Waals surface area contributed by atoms with Crippen LogP contribution in [0.5, 0.6) is 11.5 Å². The second kappa shape index (κ2) is 9.41. The van der Waals surface area contributed by atoms with E-state index < -0.39 is 0 Å². The molecule has 2 N–H and O–H groups in total. The number of nitrogens with zero attached hydrogens (tertiary/aromatic N) is 1. The van der Waals surface area contributed by atoms with Crippen LogP contribution >= 0.6 is 11.3 Å². The van der Waals surface area contributed by atoms with Crippen molar-refractivity contribution in [1.29, 1.82) is 0 Å². The average molecular weight is 426 g/mol. The third-order valence-corrected chi connectivity index (χ3v) is 5.37. The average Bonchev–Trinajstić information content (AvgIpc) is 3.21. The van der Waals surface area contributed by atoms with Gasteiger partial charge in [0.1, 0.15) is 11.5 Å². The first-order valence-electron chi connectivity index (χ1n) is 9.24. The number of hydrogen-bond donors (Lipinski definition) is 2. The Bertz CT molecular complexity index is 1080. The zero-order valence-corrected chi connectivity index (χ0v) is 18.1. The van der Waals surface area contributed by atoms with Crippen molar-refractivity contribution in [3.8, 4) is 22.8 Å². The number of thiazole rings is 1. The van der Waals surface area contributed by atoms with E-state index >= 15 is 0 Å². The lowest BCUT2D eigenvalue weighted by Gasteiger charge is -2.08. The number of carbonyl (C=O) groups is 2. The molecule has 7 nitrogen and oxygen atoms in total. The van der Waals surface area contributed by atoms with E-state index in [0.717, 1.165) is 16.7 Å². The SMILES string of the molecule is COc1ccc(-c2csc(NC(=O)CNC(=O)c3ccc(C)c(C)c3)n2)c(OC)c1. The maximum absolute atomic E-state index is 12.2. The summed E-state index contributed by atoms with van der Waals surface area (Å²) in [5.41, 5.74) is 4.12. The summed E-state index contributed by atoms with van der Waals surface area (Å²) in [4.78, 5) is 28.9. The molecule has 0 aliphatic carbocycles. The molecule has 0 saturated heterocycles. The number of nitrogens with one attached hydrogen (secondary N) is 2. The summed E-state index contributed by atoms with van der Waals surface area (Å²) in [6, 6.07) is 10.9. The fourth-order valence-electron chi connectivity index (χ4n) is 2.77. The van der Waals surface area contributed by atoms with Crippen molar-refractivity contribution in [2.45, 2.75) is 13.8 Å². The van der Waals surface area contributed by atoms with Gasteiger partial charge in [-0.15, -0.1) is 11.3 Å². The summed E-state index contributed by atoms with van der Waals surface area (Å²) in [7, 11) is 3.16. The van der Waals surface area contributed by atoms with Gasteiger partial charge in [0, 0.05) is 22.6 Å². The molecule has 2 amide bonds. The third-order valence-electron chi connectivity index (χ3n) is 4.61. The zero-order valence-electron chi connectivity index (χ0n) is 17.2. The topological polar surface area (TPSA) is 89.6 Å². The molecule has 3 aromatic rings.